The van der Waals surface area contributed by atoms with Crippen LogP contribution in [0, 0.1) is 5.82 Å². The molecule has 0 spiro atoms. The van der Waals surface area contributed by atoms with Gasteiger partial charge in [0.05, 0.1) is 10.5 Å². The minimum atomic E-state index is -2.07. The van der Waals surface area contributed by atoms with E-state index in [0.717, 1.165) is 11.3 Å². The summed E-state index contributed by atoms with van der Waals surface area (Å²) >= 11 is 1.11. The number of benzene rings is 1. The van der Waals surface area contributed by atoms with Crippen LogP contribution in [0.15, 0.2) is 22.7 Å². The molecule has 10 heteroatoms. The SMILES string of the molecule is CC(C)c1cc(F)cc(C(C)C)c1NC(=O)N=[S-](=O)Nc1ncc(C(C)(C)O)s1. The van der Waals surface area contributed by atoms with Crippen molar-refractivity contribution in [2.75, 3.05) is 10.0 Å². The fourth-order valence-electron chi connectivity index (χ4n) is 2.61. The Hall–Kier alpha value is -2.04. The molecule has 0 aliphatic carbocycles. The molecule has 0 saturated heterocycles. The number of thiazole rings is 1. The minimum absolute atomic E-state index is 0.0299. The van der Waals surface area contributed by atoms with E-state index >= 15 is 0 Å². The van der Waals surface area contributed by atoms with Crippen molar-refractivity contribution in [2.45, 2.75) is 59.0 Å². The molecule has 0 bridgehead atoms. The summed E-state index contributed by atoms with van der Waals surface area (Å²) in [6.07, 6.45) is 1.46. The van der Waals surface area contributed by atoms with Crippen molar-refractivity contribution in [1.29, 1.82) is 0 Å². The third-order valence-corrected chi connectivity index (χ3v) is 6.14. The van der Waals surface area contributed by atoms with Crippen molar-refractivity contribution in [3.8, 4) is 0 Å². The molecule has 7 nitrogen and oxygen atoms in total. The van der Waals surface area contributed by atoms with Gasteiger partial charge in [-0.05, 0) is 48.9 Å². The summed E-state index contributed by atoms with van der Waals surface area (Å²) in [5.74, 6) is -0.431. The Morgan fingerprint density at radius 1 is 1.24 bits per heavy atom. The molecule has 160 valence electrons. The predicted octanol–water partition coefficient (Wildman–Crippen LogP) is 5.46. The van der Waals surface area contributed by atoms with E-state index in [1.807, 2.05) is 27.7 Å². The smallest absolute Gasteiger partial charge is 0.323 e. The number of rotatable bonds is 6. The highest BCUT2D eigenvalue weighted by molar-refractivity contribution is 7.76. The average Bonchev–Trinajstić information content (AvgIpc) is 3.04. The second-order valence-corrected chi connectivity index (χ2v) is 9.65. The number of hydrogen-bond donors (Lipinski definition) is 3. The molecule has 1 aromatic carbocycles. The fraction of sp³-hybridized carbons (Fsp3) is 0.474. The number of nitrogens with zero attached hydrogens (tertiary/aromatic N) is 2. The maximum absolute atomic E-state index is 14.0. The van der Waals surface area contributed by atoms with Crippen molar-refractivity contribution >= 4 is 39.0 Å². The maximum Gasteiger partial charge on any atom is 0.323 e. The Kier molecular flexibility index (Phi) is 7.36. The van der Waals surface area contributed by atoms with Gasteiger partial charge in [-0.1, -0.05) is 38.5 Å². The van der Waals surface area contributed by atoms with E-state index < -0.39 is 22.4 Å². The third kappa shape index (κ3) is 6.22. The van der Waals surface area contributed by atoms with E-state index in [0.29, 0.717) is 21.7 Å². The zero-order valence-electron chi connectivity index (χ0n) is 17.2. The lowest BCUT2D eigenvalue weighted by atomic mass is 9.92. The average molecular weight is 442 g/mol. The molecule has 0 atom stereocenters. The van der Waals surface area contributed by atoms with Gasteiger partial charge < -0.3 is 19.4 Å². The lowest BCUT2D eigenvalue weighted by Gasteiger charge is -2.20. The van der Waals surface area contributed by atoms with Gasteiger partial charge in [0.25, 0.3) is 0 Å². The molecule has 0 saturated carbocycles. The highest BCUT2D eigenvalue weighted by Gasteiger charge is 2.19. The number of carbonyl (C=O) groups excluding carboxylic acids is 1. The van der Waals surface area contributed by atoms with Crippen LogP contribution in [0.2, 0.25) is 0 Å². The van der Waals surface area contributed by atoms with Crippen molar-refractivity contribution in [3.05, 3.63) is 40.2 Å². The Bertz CT molecular complexity index is 945. The van der Waals surface area contributed by atoms with Crippen molar-refractivity contribution in [3.63, 3.8) is 0 Å². The molecule has 1 aromatic heterocycles. The van der Waals surface area contributed by atoms with Gasteiger partial charge in [0.1, 0.15) is 5.82 Å². The number of aliphatic hydroxyl groups is 1. The number of carbonyl (C=O) groups is 1. The second-order valence-electron chi connectivity index (χ2n) is 7.73. The summed E-state index contributed by atoms with van der Waals surface area (Å²) in [4.78, 5) is 16.9. The fourth-order valence-corrected chi connectivity index (χ4v) is 4.10. The van der Waals surface area contributed by atoms with Gasteiger partial charge in [-0.25, -0.2) is 14.2 Å². The quantitative estimate of drug-likeness (QED) is 0.518. The van der Waals surface area contributed by atoms with Gasteiger partial charge in [0, 0.05) is 11.9 Å². The summed E-state index contributed by atoms with van der Waals surface area (Å²) in [5, 5.41) is 12.9. The van der Waals surface area contributed by atoms with Crippen LogP contribution in [0.4, 0.5) is 20.0 Å². The molecule has 0 fully saturated rings. The molecule has 0 aliphatic rings. The van der Waals surface area contributed by atoms with Crippen LogP contribution in [-0.2, 0) is 20.6 Å². The Balaban J connectivity index is 2.24. The lowest BCUT2D eigenvalue weighted by molar-refractivity contribution is 0.0823. The van der Waals surface area contributed by atoms with E-state index in [1.54, 1.807) is 13.8 Å². The third-order valence-electron chi connectivity index (χ3n) is 4.09. The Morgan fingerprint density at radius 3 is 2.24 bits per heavy atom. The molecule has 0 radical (unpaired) electrons. The van der Waals surface area contributed by atoms with Crippen LogP contribution >= 0.6 is 11.3 Å². The molecule has 1 heterocycles. The molecule has 2 rings (SSSR count). The van der Waals surface area contributed by atoms with Gasteiger partial charge in [-0.15, -0.1) is 11.3 Å². The largest absolute Gasteiger partial charge is 0.424 e. The Morgan fingerprint density at radius 2 is 1.79 bits per heavy atom. The van der Waals surface area contributed by atoms with Crippen LogP contribution in [0.5, 0.6) is 0 Å². The minimum Gasteiger partial charge on any atom is -0.424 e. The number of halogens is 1. The van der Waals surface area contributed by atoms with Crippen LogP contribution < -0.4 is 10.0 Å². The van der Waals surface area contributed by atoms with E-state index in [2.05, 4.69) is 19.4 Å². The van der Waals surface area contributed by atoms with Crippen LogP contribution in [0.1, 0.15) is 69.4 Å². The summed E-state index contributed by atoms with van der Waals surface area (Å²) < 4.78 is 32.3. The molecule has 0 unspecified atom stereocenters. The number of nitrogens with one attached hydrogen (secondary N) is 2. The number of aromatic nitrogens is 1. The molecule has 29 heavy (non-hydrogen) atoms. The standard InChI is InChI=1S/C19H26FN4O3S2/c1-10(2)13-7-12(20)8-14(11(3)4)16(13)22-17(25)23-29(27)24-18-21-9-15(28-18)19(5,6)26/h7-11,26H,1-6H3,(H2,21,22,23,24,25,27)/q-1. The zero-order chi connectivity index (χ0) is 21.9. The number of anilines is 2. The summed E-state index contributed by atoms with van der Waals surface area (Å²) in [6, 6.07) is 1.95. The number of urea groups is 1. The number of amides is 2. The zero-order valence-corrected chi connectivity index (χ0v) is 18.9. The predicted molar refractivity (Wildman–Crippen MR) is 115 cm³/mol. The first kappa shape index (κ1) is 23.2. The van der Waals surface area contributed by atoms with Crippen LogP contribution in [-0.4, -0.2) is 16.1 Å². The summed E-state index contributed by atoms with van der Waals surface area (Å²) in [6.45, 7) is 10.8. The highest BCUT2D eigenvalue weighted by atomic mass is 32.2. The van der Waals surface area contributed by atoms with Gasteiger partial charge in [-0.2, -0.15) is 0 Å². The maximum atomic E-state index is 14.0. The number of hydrogen-bond acceptors (Lipinski definition) is 6. The van der Waals surface area contributed by atoms with E-state index in [-0.39, 0.29) is 22.8 Å². The van der Waals surface area contributed by atoms with Gasteiger partial charge >= 0.3 is 6.03 Å². The first-order valence-electron chi connectivity index (χ1n) is 9.11. The highest BCUT2D eigenvalue weighted by Crippen LogP contribution is 2.34. The molecule has 0 aliphatic heterocycles. The van der Waals surface area contributed by atoms with Crippen LogP contribution in [0.3, 0.4) is 0 Å². The summed E-state index contributed by atoms with van der Waals surface area (Å²) in [5.41, 5.74) is 0.702. The van der Waals surface area contributed by atoms with Gasteiger partial charge in [0.15, 0.2) is 5.13 Å². The normalized spacial score (nSPS) is 13.2. The second kappa shape index (κ2) is 9.19. The first-order chi connectivity index (χ1) is 13.4. The van der Waals surface area contributed by atoms with Crippen LogP contribution in [0.25, 0.3) is 0 Å². The van der Waals surface area contributed by atoms with E-state index in [9.17, 15) is 18.5 Å². The molecular formula is C19H26FN4O3S2-. The first-order valence-corrected chi connectivity index (χ1v) is 11.0. The van der Waals surface area contributed by atoms with Crippen molar-refractivity contribution in [2.24, 2.45) is 4.36 Å². The molecular weight excluding hydrogens is 415 g/mol. The van der Waals surface area contributed by atoms with Crippen molar-refractivity contribution in [1.82, 2.24) is 4.98 Å². The van der Waals surface area contributed by atoms with Gasteiger partial charge in [0.2, 0.25) is 0 Å². The van der Waals surface area contributed by atoms with Crippen molar-refractivity contribution < 1.29 is 18.5 Å². The summed E-state index contributed by atoms with van der Waals surface area (Å²) in [7, 11) is -2.07. The van der Waals surface area contributed by atoms with Gasteiger partial charge in [-0.3, -0.25) is 4.36 Å². The molecule has 2 amide bonds. The Labute approximate surface area is 176 Å². The molecule has 2 aromatic rings. The topological polar surface area (TPSA) is 104 Å². The lowest BCUT2D eigenvalue weighted by Crippen LogP contribution is -2.13. The molecule has 3 N–H and O–H groups in total. The van der Waals surface area contributed by atoms with E-state index in [4.69, 9.17) is 0 Å². The monoisotopic (exact) mass is 441 g/mol. The van der Waals surface area contributed by atoms with E-state index in [1.165, 1.54) is 18.3 Å².